The molecule has 3 heterocycles. The van der Waals surface area contributed by atoms with Crippen molar-refractivity contribution in [3.63, 3.8) is 0 Å². The number of carbonyl (C=O) groups excluding carboxylic acids is 2. The van der Waals surface area contributed by atoms with Crippen molar-refractivity contribution in [3.8, 4) is 0 Å². The second kappa shape index (κ2) is 7.13. The third-order valence-electron chi connectivity index (χ3n) is 8.55. The van der Waals surface area contributed by atoms with Crippen molar-refractivity contribution in [3.05, 3.63) is 24.2 Å². The fourth-order valence-corrected chi connectivity index (χ4v) is 6.99. The highest BCUT2D eigenvalue weighted by Crippen LogP contribution is 2.71. The van der Waals surface area contributed by atoms with Gasteiger partial charge in [0.15, 0.2) is 12.1 Å². The monoisotopic (exact) mass is 434 g/mol. The molecule has 4 fully saturated rings. The topological polar surface area (TPSA) is 108 Å². The number of aliphatic hydroxyl groups is 1. The number of rotatable bonds is 4. The van der Waals surface area contributed by atoms with Gasteiger partial charge in [0.25, 0.3) is 0 Å². The highest BCUT2D eigenvalue weighted by atomic mass is 16.7. The number of carbonyl (C=O) groups is 2. The third kappa shape index (κ3) is 2.68. The molecule has 1 aromatic heterocycles. The Balaban J connectivity index is 1.65. The van der Waals surface area contributed by atoms with Gasteiger partial charge in [0, 0.05) is 30.9 Å². The van der Waals surface area contributed by atoms with E-state index in [0.29, 0.717) is 19.4 Å². The third-order valence-corrected chi connectivity index (χ3v) is 8.55. The van der Waals surface area contributed by atoms with E-state index in [2.05, 4.69) is 0 Å². The number of furan rings is 1. The van der Waals surface area contributed by atoms with E-state index in [1.807, 2.05) is 13.0 Å². The van der Waals surface area contributed by atoms with Crippen molar-refractivity contribution in [2.45, 2.75) is 63.6 Å². The Hall–Kier alpha value is -1.74. The molecule has 2 saturated heterocycles. The lowest BCUT2D eigenvalue weighted by atomic mass is 9.42. The molecule has 0 amide bonds. The molecule has 0 radical (unpaired) electrons. The van der Waals surface area contributed by atoms with Gasteiger partial charge in [0.1, 0.15) is 23.7 Å². The van der Waals surface area contributed by atoms with Gasteiger partial charge in [-0.05, 0) is 31.2 Å². The van der Waals surface area contributed by atoms with Gasteiger partial charge in [0.2, 0.25) is 0 Å². The van der Waals surface area contributed by atoms with Crippen LogP contribution in [0.3, 0.4) is 0 Å². The summed E-state index contributed by atoms with van der Waals surface area (Å²) in [6.45, 7) is 3.57. The number of Topliss-reactive ketones (excluding diaryl/α,β-unsaturated/α-hetero) is 1. The van der Waals surface area contributed by atoms with Crippen LogP contribution in [0.15, 0.2) is 23.0 Å². The van der Waals surface area contributed by atoms with Gasteiger partial charge in [-0.3, -0.25) is 9.59 Å². The molecule has 2 saturated carbocycles. The molecular weight excluding hydrogens is 404 g/mol. The maximum absolute atomic E-state index is 13.8. The Labute approximate surface area is 181 Å². The van der Waals surface area contributed by atoms with Gasteiger partial charge in [-0.25, -0.2) is 0 Å². The minimum Gasteiger partial charge on any atom is -0.472 e. The van der Waals surface area contributed by atoms with Crippen LogP contribution < -0.4 is 0 Å². The fraction of sp³-hybridized carbons (Fsp3) is 0.739. The first-order valence-electron chi connectivity index (χ1n) is 11.0. The standard InChI is InChI=1S/C23H30O8/c1-13-18(25)19(26)23(12-29-14(2)24)17(5-4-7-21(23)11-30-21)22(13)9-16(31-20(22)27-3)15-6-8-28-10-15/h6,8,10,13,16-18,20,25H,4-5,7,9,11-12H2,1-3H3/t13-,16+,17-,18+,20+,21+,22-,23+/m1/s1. The molecule has 0 bridgehead atoms. The second-order valence-corrected chi connectivity index (χ2v) is 9.64. The molecule has 1 N–H and O–H groups in total. The van der Waals surface area contributed by atoms with Crippen LogP contribution in [0.1, 0.15) is 51.2 Å². The number of ketones is 1. The minimum atomic E-state index is -1.23. The average Bonchev–Trinajstić information content (AvgIpc) is 3.18. The summed E-state index contributed by atoms with van der Waals surface area (Å²) >= 11 is 0. The number of aliphatic hydroxyl groups excluding tert-OH is 1. The molecule has 0 unspecified atom stereocenters. The van der Waals surface area contributed by atoms with Gasteiger partial charge in [-0.1, -0.05) is 13.3 Å². The van der Waals surface area contributed by atoms with Gasteiger partial charge in [0.05, 0.1) is 25.2 Å². The number of esters is 1. The summed E-state index contributed by atoms with van der Waals surface area (Å²) in [7, 11) is 1.60. The molecule has 8 nitrogen and oxygen atoms in total. The normalized spacial score (nSPS) is 46.3. The van der Waals surface area contributed by atoms with Crippen molar-refractivity contribution in [1.29, 1.82) is 0 Å². The number of fused-ring (bicyclic) bond motifs is 3. The highest BCUT2D eigenvalue weighted by molar-refractivity contribution is 5.93. The SMILES string of the molecule is CO[C@H]1O[C@H](c2ccoc2)C[C@]12[C@H](C)[C@H](O)C(=O)[C@]1(COC(C)=O)[C@@H]2CCC[C@]12CO2. The first kappa shape index (κ1) is 21.1. The first-order chi connectivity index (χ1) is 14.8. The van der Waals surface area contributed by atoms with Crippen LogP contribution in [0.4, 0.5) is 0 Å². The molecule has 4 aliphatic rings. The first-order valence-corrected chi connectivity index (χ1v) is 11.0. The van der Waals surface area contributed by atoms with Crippen LogP contribution in [0.5, 0.6) is 0 Å². The molecule has 2 spiro atoms. The Morgan fingerprint density at radius 2 is 2.16 bits per heavy atom. The molecule has 2 aliphatic carbocycles. The summed E-state index contributed by atoms with van der Waals surface area (Å²) in [5, 5.41) is 11.3. The van der Waals surface area contributed by atoms with Crippen LogP contribution in [0, 0.1) is 22.7 Å². The summed E-state index contributed by atoms with van der Waals surface area (Å²) in [6.07, 6.45) is 4.04. The quantitative estimate of drug-likeness (QED) is 0.569. The second-order valence-electron chi connectivity index (χ2n) is 9.64. The fourth-order valence-electron chi connectivity index (χ4n) is 6.99. The van der Waals surface area contributed by atoms with Gasteiger partial charge in [-0.2, -0.15) is 0 Å². The lowest BCUT2D eigenvalue weighted by molar-refractivity contribution is -0.246. The van der Waals surface area contributed by atoms with Gasteiger partial charge < -0.3 is 28.5 Å². The van der Waals surface area contributed by atoms with E-state index in [1.165, 1.54) is 6.92 Å². The number of ether oxygens (including phenoxy) is 4. The molecule has 1 aromatic rings. The Bertz CT molecular complexity index is 861. The summed E-state index contributed by atoms with van der Waals surface area (Å²) in [4.78, 5) is 25.6. The highest BCUT2D eigenvalue weighted by Gasteiger charge is 2.79. The minimum absolute atomic E-state index is 0.0931. The zero-order valence-corrected chi connectivity index (χ0v) is 18.2. The molecule has 0 aromatic carbocycles. The van der Waals surface area contributed by atoms with E-state index in [1.54, 1.807) is 19.6 Å². The maximum Gasteiger partial charge on any atom is 0.302 e. The van der Waals surface area contributed by atoms with E-state index in [0.717, 1.165) is 18.4 Å². The predicted molar refractivity (Wildman–Crippen MR) is 106 cm³/mol. The molecule has 8 heteroatoms. The van der Waals surface area contributed by atoms with Crippen molar-refractivity contribution in [2.75, 3.05) is 20.3 Å². The zero-order valence-electron chi connectivity index (χ0n) is 18.2. The molecular formula is C23H30O8. The van der Waals surface area contributed by atoms with Crippen molar-refractivity contribution in [1.82, 2.24) is 0 Å². The van der Waals surface area contributed by atoms with Gasteiger partial charge >= 0.3 is 5.97 Å². The van der Waals surface area contributed by atoms with Crippen LogP contribution in [-0.2, 0) is 28.5 Å². The van der Waals surface area contributed by atoms with Gasteiger partial charge in [-0.15, -0.1) is 0 Å². The molecule has 5 rings (SSSR count). The Morgan fingerprint density at radius 3 is 2.77 bits per heavy atom. The number of methoxy groups -OCH3 is 1. The molecule has 170 valence electrons. The largest absolute Gasteiger partial charge is 0.472 e. The van der Waals surface area contributed by atoms with E-state index >= 15 is 0 Å². The van der Waals surface area contributed by atoms with Crippen molar-refractivity contribution < 1.29 is 38.1 Å². The summed E-state index contributed by atoms with van der Waals surface area (Å²) in [6, 6.07) is 1.87. The van der Waals surface area contributed by atoms with Crippen LogP contribution in [0.2, 0.25) is 0 Å². The van der Waals surface area contributed by atoms with E-state index in [4.69, 9.17) is 23.4 Å². The molecule has 8 atom stereocenters. The number of hydrogen-bond donors (Lipinski definition) is 1. The van der Waals surface area contributed by atoms with E-state index in [9.17, 15) is 14.7 Å². The smallest absolute Gasteiger partial charge is 0.302 e. The van der Waals surface area contributed by atoms with E-state index in [-0.39, 0.29) is 24.4 Å². The average molecular weight is 434 g/mol. The van der Waals surface area contributed by atoms with Crippen molar-refractivity contribution >= 4 is 11.8 Å². The van der Waals surface area contributed by atoms with Crippen LogP contribution >= 0.6 is 0 Å². The lowest BCUT2D eigenvalue weighted by Gasteiger charge is -2.61. The lowest BCUT2D eigenvalue weighted by Crippen LogP contribution is -2.71. The summed E-state index contributed by atoms with van der Waals surface area (Å²) in [5.74, 6) is -1.35. The van der Waals surface area contributed by atoms with Crippen LogP contribution in [0.25, 0.3) is 0 Å². The summed E-state index contributed by atoms with van der Waals surface area (Å²) in [5.41, 5.74) is -1.57. The Kier molecular flexibility index (Phi) is 4.86. The maximum atomic E-state index is 13.8. The predicted octanol–water partition coefficient (Wildman–Crippen LogP) is 2.40. The molecule has 2 aliphatic heterocycles. The number of hydrogen-bond acceptors (Lipinski definition) is 8. The van der Waals surface area contributed by atoms with E-state index < -0.39 is 40.7 Å². The Morgan fingerprint density at radius 1 is 1.39 bits per heavy atom. The number of epoxide rings is 1. The molecule has 31 heavy (non-hydrogen) atoms. The summed E-state index contributed by atoms with van der Waals surface area (Å²) < 4.78 is 28.9. The van der Waals surface area contributed by atoms with Crippen molar-refractivity contribution in [2.24, 2.45) is 22.7 Å². The zero-order chi connectivity index (χ0) is 22.0. The van der Waals surface area contributed by atoms with Crippen LogP contribution in [-0.4, -0.2) is 55.2 Å².